The first-order valence-corrected chi connectivity index (χ1v) is 9.33. The number of ether oxygens (including phenoxy) is 1. The summed E-state index contributed by atoms with van der Waals surface area (Å²) in [4.78, 5) is 6.64. The van der Waals surface area contributed by atoms with Gasteiger partial charge in [-0.15, -0.1) is 0 Å². The van der Waals surface area contributed by atoms with Gasteiger partial charge in [0.2, 0.25) is 0 Å². The maximum Gasteiger partial charge on any atom is 0.191 e. The summed E-state index contributed by atoms with van der Waals surface area (Å²) in [5.74, 6) is 1.48. The molecule has 0 aliphatic heterocycles. The lowest BCUT2D eigenvalue weighted by Gasteiger charge is -2.18. The Kier molecular flexibility index (Phi) is 8.02. The van der Waals surface area contributed by atoms with Gasteiger partial charge < -0.3 is 20.3 Å². The topological polar surface area (TPSA) is 48.9 Å². The Labute approximate surface area is 154 Å². The minimum absolute atomic E-state index is 0.483. The molecule has 0 radical (unpaired) electrons. The molecule has 0 spiro atoms. The van der Waals surface area contributed by atoms with Crippen LogP contribution < -0.4 is 10.6 Å². The van der Waals surface area contributed by atoms with E-state index in [1.165, 1.54) is 12.0 Å². The van der Waals surface area contributed by atoms with E-state index < -0.39 is 0 Å². The van der Waals surface area contributed by atoms with Crippen molar-refractivity contribution < 1.29 is 4.74 Å². The predicted molar refractivity (Wildman–Crippen MR) is 104 cm³/mol. The smallest absolute Gasteiger partial charge is 0.191 e. The van der Waals surface area contributed by atoms with Gasteiger partial charge in [0.1, 0.15) is 0 Å². The predicted octanol–water partition coefficient (Wildman–Crippen LogP) is 2.44. The zero-order valence-corrected chi connectivity index (χ0v) is 16.5. The Morgan fingerprint density at radius 1 is 1.33 bits per heavy atom. The zero-order chi connectivity index (χ0) is 17.4. The Balaban J connectivity index is 1.66. The Bertz CT molecular complexity index is 520. The second-order valence-corrected chi connectivity index (χ2v) is 7.21. The minimum Gasteiger partial charge on any atom is -0.385 e. The van der Waals surface area contributed by atoms with E-state index in [4.69, 9.17) is 4.74 Å². The van der Waals surface area contributed by atoms with Gasteiger partial charge >= 0.3 is 0 Å². The van der Waals surface area contributed by atoms with Crippen LogP contribution in [-0.4, -0.2) is 64.3 Å². The number of nitrogens with one attached hydrogen (secondary N) is 2. The van der Waals surface area contributed by atoms with Crippen molar-refractivity contribution in [2.24, 2.45) is 4.99 Å². The maximum atomic E-state index is 5.08. The lowest BCUT2D eigenvalue weighted by molar-refractivity contribution is 0.180. The summed E-state index contributed by atoms with van der Waals surface area (Å²) in [6.07, 6.45) is 2.23. The first kappa shape index (κ1) is 19.2. The molecule has 1 saturated carbocycles. The van der Waals surface area contributed by atoms with Crippen LogP contribution in [0.5, 0.6) is 0 Å². The molecule has 2 unspecified atom stereocenters. The van der Waals surface area contributed by atoms with Crippen LogP contribution >= 0.6 is 15.9 Å². The molecule has 1 aromatic rings. The Hall–Kier alpha value is -1.11. The molecular formula is C18H29BrN4O. The van der Waals surface area contributed by atoms with E-state index in [-0.39, 0.29) is 0 Å². The molecular weight excluding hydrogens is 368 g/mol. The van der Waals surface area contributed by atoms with Crippen molar-refractivity contribution in [3.8, 4) is 0 Å². The highest BCUT2D eigenvalue weighted by molar-refractivity contribution is 9.10. The second kappa shape index (κ2) is 10.0. The standard InChI is InChI=1S/C18H29BrN4O/c1-20-18(21-9-11-23(2)10-4-12-24-3)22-17-13-16(17)14-5-7-15(19)8-6-14/h5-8,16-17H,4,9-13H2,1-3H3,(H2,20,21,22). The van der Waals surface area contributed by atoms with E-state index >= 15 is 0 Å². The minimum atomic E-state index is 0.483. The molecule has 2 N–H and O–H groups in total. The van der Waals surface area contributed by atoms with E-state index in [1.54, 1.807) is 7.11 Å². The van der Waals surface area contributed by atoms with Crippen LogP contribution in [0.4, 0.5) is 0 Å². The molecule has 1 aliphatic carbocycles. The highest BCUT2D eigenvalue weighted by atomic mass is 79.9. The number of hydrogen-bond donors (Lipinski definition) is 2. The van der Waals surface area contributed by atoms with Gasteiger partial charge in [-0.1, -0.05) is 28.1 Å². The fourth-order valence-electron chi connectivity index (χ4n) is 2.76. The van der Waals surface area contributed by atoms with Crippen LogP contribution in [0.1, 0.15) is 24.3 Å². The van der Waals surface area contributed by atoms with Crippen LogP contribution in [0.2, 0.25) is 0 Å². The number of likely N-dealkylation sites (N-methyl/N-ethyl adjacent to an activating group) is 1. The van der Waals surface area contributed by atoms with Crippen molar-refractivity contribution >= 4 is 21.9 Å². The van der Waals surface area contributed by atoms with Crippen molar-refractivity contribution in [2.75, 3.05) is 47.4 Å². The van der Waals surface area contributed by atoms with Gasteiger partial charge in [0, 0.05) is 56.8 Å². The summed E-state index contributed by atoms with van der Waals surface area (Å²) in [6, 6.07) is 9.09. The first-order chi connectivity index (χ1) is 11.6. The van der Waals surface area contributed by atoms with Crippen LogP contribution in [0.25, 0.3) is 0 Å². The van der Waals surface area contributed by atoms with E-state index in [1.807, 2.05) is 7.05 Å². The lowest BCUT2D eigenvalue weighted by atomic mass is 10.1. The third-order valence-corrected chi connectivity index (χ3v) is 4.84. The monoisotopic (exact) mass is 396 g/mol. The molecule has 1 aliphatic rings. The number of guanidine groups is 1. The van der Waals surface area contributed by atoms with Gasteiger partial charge in [-0.25, -0.2) is 0 Å². The molecule has 0 aromatic heterocycles. The number of benzene rings is 1. The molecule has 2 atom stereocenters. The lowest BCUT2D eigenvalue weighted by Crippen LogP contribution is -2.42. The van der Waals surface area contributed by atoms with Crippen LogP contribution in [0.3, 0.4) is 0 Å². The number of nitrogens with zero attached hydrogens (tertiary/aromatic N) is 2. The highest BCUT2D eigenvalue weighted by Gasteiger charge is 2.38. The highest BCUT2D eigenvalue weighted by Crippen LogP contribution is 2.40. The van der Waals surface area contributed by atoms with Gasteiger partial charge in [-0.2, -0.15) is 0 Å². The maximum absolute atomic E-state index is 5.08. The molecule has 1 aromatic carbocycles. The van der Waals surface area contributed by atoms with E-state index in [0.717, 1.165) is 43.1 Å². The van der Waals surface area contributed by atoms with Gasteiger partial charge in [-0.05, 0) is 37.6 Å². The SMILES string of the molecule is CN=C(NCCN(C)CCCOC)NC1CC1c1ccc(Br)cc1. The summed E-state index contributed by atoms with van der Waals surface area (Å²) >= 11 is 3.49. The van der Waals surface area contributed by atoms with E-state index in [0.29, 0.717) is 12.0 Å². The number of hydrogen-bond acceptors (Lipinski definition) is 3. The van der Waals surface area contributed by atoms with Crippen LogP contribution in [0, 0.1) is 0 Å². The molecule has 0 bridgehead atoms. The van der Waals surface area contributed by atoms with Gasteiger partial charge in [0.05, 0.1) is 0 Å². The van der Waals surface area contributed by atoms with Crippen molar-refractivity contribution in [3.63, 3.8) is 0 Å². The van der Waals surface area contributed by atoms with Crippen molar-refractivity contribution in [1.82, 2.24) is 15.5 Å². The van der Waals surface area contributed by atoms with Gasteiger partial charge in [0.25, 0.3) is 0 Å². The average Bonchev–Trinajstić information content (AvgIpc) is 3.34. The average molecular weight is 397 g/mol. The van der Waals surface area contributed by atoms with Crippen molar-refractivity contribution in [3.05, 3.63) is 34.3 Å². The van der Waals surface area contributed by atoms with Crippen LogP contribution in [-0.2, 0) is 4.74 Å². The summed E-state index contributed by atoms with van der Waals surface area (Å²) in [7, 11) is 5.71. The summed E-state index contributed by atoms with van der Waals surface area (Å²) in [6.45, 7) is 3.75. The largest absolute Gasteiger partial charge is 0.385 e. The molecule has 2 rings (SSSR count). The third-order valence-electron chi connectivity index (χ3n) is 4.31. The number of methoxy groups -OCH3 is 1. The van der Waals surface area contributed by atoms with E-state index in [9.17, 15) is 0 Å². The molecule has 0 amide bonds. The van der Waals surface area contributed by atoms with Crippen molar-refractivity contribution in [2.45, 2.75) is 24.8 Å². The fraction of sp³-hybridized carbons (Fsp3) is 0.611. The first-order valence-electron chi connectivity index (χ1n) is 8.54. The van der Waals surface area contributed by atoms with Crippen LogP contribution in [0.15, 0.2) is 33.7 Å². The van der Waals surface area contributed by atoms with Crippen molar-refractivity contribution in [1.29, 1.82) is 0 Å². The van der Waals surface area contributed by atoms with Gasteiger partial charge in [-0.3, -0.25) is 4.99 Å². The molecule has 24 heavy (non-hydrogen) atoms. The number of aliphatic imine (C=N–C) groups is 1. The molecule has 1 fully saturated rings. The molecule has 6 heteroatoms. The van der Waals surface area contributed by atoms with E-state index in [2.05, 4.69) is 67.8 Å². The summed E-state index contributed by atoms with van der Waals surface area (Å²) in [5, 5.41) is 6.92. The number of rotatable bonds is 9. The quantitative estimate of drug-likeness (QED) is 0.382. The molecule has 0 heterocycles. The summed E-state index contributed by atoms with van der Waals surface area (Å²) < 4.78 is 6.21. The molecule has 5 nitrogen and oxygen atoms in total. The third kappa shape index (κ3) is 6.42. The Morgan fingerprint density at radius 2 is 2.08 bits per heavy atom. The molecule has 0 saturated heterocycles. The second-order valence-electron chi connectivity index (χ2n) is 6.29. The summed E-state index contributed by atoms with van der Waals surface area (Å²) in [5.41, 5.74) is 1.39. The number of halogens is 1. The Morgan fingerprint density at radius 3 is 2.75 bits per heavy atom. The zero-order valence-electron chi connectivity index (χ0n) is 14.9. The normalized spacial score (nSPS) is 20.3. The fourth-order valence-corrected chi connectivity index (χ4v) is 3.02. The van der Waals surface area contributed by atoms with Gasteiger partial charge in [0.15, 0.2) is 5.96 Å². The molecule has 134 valence electrons.